The summed E-state index contributed by atoms with van der Waals surface area (Å²) in [5.74, 6) is 1.36. The molecule has 0 aliphatic heterocycles. The number of nitrogens with zero attached hydrogens (tertiary/aromatic N) is 3. The van der Waals surface area contributed by atoms with Crippen molar-refractivity contribution < 1.29 is 9.47 Å². The van der Waals surface area contributed by atoms with E-state index in [0.717, 1.165) is 20.9 Å². The smallest absolute Gasteiger partial charge is 0.206 e. The summed E-state index contributed by atoms with van der Waals surface area (Å²) in [7, 11) is 3.25. The first kappa shape index (κ1) is 20.1. The highest BCUT2D eigenvalue weighted by atomic mass is 32.1. The average molecular weight is 436 g/mol. The Bertz CT molecular complexity index is 1190. The van der Waals surface area contributed by atoms with Gasteiger partial charge in [-0.1, -0.05) is 36.4 Å². The van der Waals surface area contributed by atoms with E-state index in [9.17, 15) is 0 Å². The maximum Gasteiger partial charge on any atom is 0.206 e. The predicted octanol–water partition coefficient (Wildman–Crippen LogP) is 5.28. The van der Waals surface area contributed by atoms with Crippen LogP contribution in [-0.4, -0.2) is 25.1 Å². The zero-order chi connectivity index (χ0) is 20.8. The second kappa shape index (κ2) is 9.56. The fourth-order valence-corrected chi connectivity index (χ4v) is 4.54. The monoisotopic (exact) mass is 435 g/mol. The van der Waals surface area contributed by atoms with E-state index < -0.39 is 0 Å². The van der Waals surface area contributed by atoms with Crippen LogP contribution >= 0.6 is 22.7 Å². The summed E-state index contributed by atoms with van der Waals surface area (Å²) >= 11 is 3.27. The first-order valence-electron chi connectivity index (χ1n) is 9.33. The molecular weight excluding hydrogens is 414 g/mol. The van der Waals surface area contributed by atoms with Crippen LogP contribution in [0.15, 0.2) is 81.5 Å². The van der Waals surface area contributed by atoms with E-state index in [4.69, 9.17) is 19.6 Å². The minimum Gasteiger partial charge on any atom is -0.493 e. The minimum absolute atomic E-state index is 0.608. The number of ether oxygens (including phenoxy) is 2. The number of hydrogen-bond donors (Lipinski definition) is 0. The quantitative estimate of drug-likeness (QED) is 0.371. The van der Waals surface area contributed by atoms with E-state index >= 15 is 0 Å². The number of benzene rings is 2. The Morgan fingerprint density at radius 2 is 1.77 bits per heavy atom. The van der Waals surface area contributed by atoms with Gasteiger partial charge in [0.1, 0.15) is 0 Å². The molecule has 0 unspecified atom stereocenters. The van der Waals surface area contributed by atoms with Gasteiger partial charge in [-0.25, -0.2) is 4.68 Å². The highest BCUT2D eigenvalue weighted by molar-refractivity contribution is 7.14. The molecule has 2 aromatic heterocycles. The summed E-state index contributed by atoms with van der Waals surface area (Å²) < 4.78 is 12.6. The number of methoxy groups -OCH3 is 2. The van der Waals surface area contributed by atoms with Crippen molar-refractivity contribution in [3.8, 4) is 22.1 Å². The van der Waals surface area contributed by atoms with E-state index in [1.54, 1.807) is 36.9 Å². The van der Waals surface area contributed by atoms with Crippen molar-refractivity contribution in [2.45, 2.75) is 6.54 Å². The molecule has 4 aromatic rings. The SMILES string of the molecule is COc1ccc(C=Nn2c(-c3cccs3)csc2=NCc2ccccc2)cc1OC. The van der Waals surface area contributed by atoms with Crippen molar-refractivity contribution in [2.24, 2.45) is 10.1 Å². The molecule has 0 bridgehead atoms. The first-order chi connectivity index (χ1) is 14.8. The van der Waals surface area contributed by atoms with Crippen LogP contribution in [0.3, 0.4) is 0 Å². The van der Waals surface area contributed by atoms with Gasteiger partial charge >= 0.3 is 0 Å². The van der Waals surface area contributed by atoms with Gasteiger partial charge in [-0.15, -0.1) is 22.7 Å². The van der Waals surface area contributed by atoms with Crippen molar-refractivity contribution in [1.82, 2.24) is 4.68 Å². The summed E-state index contributed by atoms with van der Waals surface area (Å²) in [5.41, 5.74) is 3.11. The molecule has 0 spiro atoms. The molecule has 0 radical (unpaired) electrons. The van der Waals surface area contributed by atoms with Gasteiger partial charge in [0.05, 0.1) is 37.6 Å². The number of thiophene rings is 1. The van der Waals surface area contributed by atoms with Crippen LogP contribution in [-0.2, 0) is 6.54 Å². The molecule has 30 heavy (non-hydrogen) atoms. The Labute approximate surface area is 183 Å². The fourth-order valence-electron chi connectivity index (χ4n) is 2.91. The molecule has 5 nitrogen and oxygen atoms in total. The summed E-state index contributed by atoms with van der Waals surface area (Å²) in [6.07, 6.45) is 1.81. The van der Waals surface area contributed by atoms with Crippen LogP contribution < -0.4 is 14.3 Å². The van der Waals surface area contributed by atoms with Crippen molar-refractivity contribution >= 4 is 28.9 Å². The molecule has 7 heteroatoms. The number of rotatable bonds is 7. The average Bonchev–Trinajstić information content (AvgIpc) is 3.46. The summed E-state index contributed by atoms with van der Waals surface area (Å²) in [4.78, 5) is 6.80. The van der Waals surface area contributed by atoms with Crippen molar-refractivity contribution in [1.29, 1.82) is 0 Å². The molecule has 2 aromatic carbocycles. The maximum absolute atomic E-state index is 5.40. The molecule has 0 atom stereocenters. The Morgan fingerprint density at radius 3 is 2.50 bits per heavy atom. The Hall–Kier alpha value is -3.16. The lowest BCUT2D eigenvalue weighted by Gasteiger charge is -2.07. The zero-order valence-corrected chi connectivity index (χ0v) is 18.3. The van der Waals surface area contributed by atoms with Crippen molar-refractivity contribution in [3.63, 3.8) is 0 Å². The number of thiazole rings is 1. The number of aromatic nitrogens is 1. The molecule has 0 amide bonds. The summed E-state index contributed by atoms with van der Waals surface area (Å²) in [6, 6.07) is 20.1. The molecule has 0 N–H and O–H groups in total. The molecule has 0 aliphatic carbocycles. The van der Waals surface area contributed by atoms with E-state index in [0.29, 0.717) is 18.0 Å². The molecule has 4 rings (SSSR count). The van der Waals surface area contributed by atoms with E-state index in [1.807, 2.05) is 53.4 Å². The highest BCUT2D eigenvalue weighted by Gasteiger charge is 2.09. The third kappa shape index (κ3) is 4.53. The van der Waals surface area contributed by atoms with Gasteiger partial charge in [0.15, 0.2) is 11.5 Å². The summed E-state index contributed by atoms with van der Waals surface area (Å²) in [6.45, 7) is 0.608. The van der Waals surface area contributed by atoms with Crippen LogP contribution in [0.1, 0.15) is 11.1 Å². The third-order valence-electron chi connectivity index (χ3n) is 4.43. The summed E-state index contributed by atoms with van der Waals surface area (Å²) in [5, 5.41) is 8.92. The van der Waals surface area contributed by atoms with Gasteiger partial charge in [-0.05, 0) is 40.8 Å². The lowest BCUT2D eigenvalue weighted by molar-refractivity contribution is 0.355. The molecule has 0 aliphatic rings. The van der Waals surface area contributed by atoms with Crippen LogP contribution in [0.2, 0.25) is 0 Å². The Morgan fingerprint density at radius 1 is 0.933 bits per heavy atom. The second-order valence-electron chi connectivity index (χ2n) is 6.35. The first-order valence-corrected chi connectivity index (χ1v) is 11.1. The van der Waals surface area contributed by atoms with Crippen LogP contribution in [0.25, 0.3) is 10.6 Å². The van der Waals surface area contributed by atoms with Crippen molar-refractivity contribution in [3.05, 3.63) is 87.4 Å². The van der Waals surface area contributed by atoms with Gasteiger partial charge in [0.2, 0.25) is 4.80 Å². The van der Waals surface area contributed by atoms with Crippen LogP contribution in [0, 0.1) is 0 Å². The lowest BCUT2D eigenvalue weighted by Crippen LogP contribution is -2.12. The van der Waals surface area contributed by atoms with Crippen LogP contribution in [0.5, 0.6) is 11.5 Å². The third-order valence-corrected chi connectivity index (χ3v) is 6.17. The number of hydrogen-bond acceptors (Lipinski definition) is 6. The van der Waals surface area contributed by atoms with Gasteiger partial charge < -0.3 is 9.47 Å². The molecule has 0 saturated carbocycles. The minimum atomic E-state index is 0.608. The normalized spacial score (nSPS) is 11.9. The van der Waals surface area contributed by atoms with E-state index in [2.05, 4.69) is 29.0 Å². The highest BCUT2D eigenvalue weighted by Crippen LogP contribution is 2.27. The van der Waals surface area contributed by atoms with Crippen LogP contribution in [0.4, 0.5) is 0 Å². The Kier molecular flexibility index (Phi) is 6.41. The topological polar surface area (TPSA) is 48.1 Å². The van der Waals surface area contributed by atoms with Gasteiger partial charge in [-0.3, -0.25) is 4.99 Å². The van der Waals surface area contributed by atoms with Crippen molar-refractivity contribution in [2.75, 3.05) is 14.2 Å². The Balaban J connectivity index is 1.72. The van der Waals surface area contributed by atoms with Gasteiger partial charge in [-0.2, -0.15) is 5.10 Å². The lowest BCUT2D eigenvalue weighted by atomic mass is 10.2. The van der Waals surface area contributed by atoms with E-state index in [-0.39, 0.29) is 0 Å². The molecular formula is C23H21N3O2S2. The molecule has 2 heterocycles. The van der Waals surface area contributed by atoms with Gasteiger partial charge in [0, 0.05) is 5.38 Å². The van der Waals surface area contributed by atoms with E-state index in [1.165, 1.54) is 5.56 Å². The largest absolute Gasteiger partial charge is 0.493 e. The zero-order valence-electron chi connectivity index (χ0n) is 16.7. The fraction of sp³-hybridized carbons (Fsp3) is 0.130. The van der Waals surface area contributed by atoms with Gasteiger partial charge in [0.25, 0.3) is 0 Å². The predicted molar refractivity (Wildman–Crippen MR) is 124 cm³/mol. The molecule has 0 fully saturated rings. The standard InChI is InChI=1S/C23H21N3O2S2/c1-27-20-11-10-18(13-21(20)28-2)15-25-26-19(22-9-6-12-29-22)16-30-23(26)24-14-17-7-4-3-5-8-17/h3-13,15-16H,14H2,1-2H3. The molecule has 152 valence electrons. The molecule has 0 saturated heterocycles. The second-order valence-corrected chi connectivity index (χ2v) is 8.14. The maximum atomic E-state index is 5.40.